The molecule has 11 rings (SSSR count). The van der Waals surface area contributed by atoms with E-state index < -0.39 is 0 Å². The molecule has 0 spiro atoms. The van der Waals surface area contributed by atoms with Gasteiger partial charge in [0, 0.05) is 27.2 Å². The molecule has 0 saturated heterocycles. The average molecular weight is 653 g/mol. The summed E-state index contributed by atoms with van der Waals surface area (Å²) in [5.41, 5.74) is 17.5. The summed E-state index contributed by atoms with van der Waals surface area (Å²) in [5, 5.41) is 7.56. The van der Waals surface area contributed by atoms with E-state index in [-0.39, 0.29) is 10.8 Å². The molecule has 8 aromatic carbocycles. The number of fused-ring (bicyclic) bond motifs is 14. The van der Waals surface area contributed by atoms with Crippen LogP contribution in [0.4, 0.5) is 0 Å². The van der Waals surface area contributed by atoms with E-state index in [4.69, 9.17) is 4.42 Å². The normalized spacial score (nSPS) is 15.0. The highest BCUT2D eigenvalue weighted by Gasteiger charge is 2.48. The second kappa shape index (κ2) is 9.86. The van der Waals surface area contributed by atoms with Crippen molar-refractivity contribution in [2.75, 3.05) is 0 Å². The minimum atomic E-state index is -0.257. The van der Waals surface area contributed by atoms with Gasteiger partial charge in [-0.25, -0.2) is 0 Å². The standard InChI is InChI=1S/C50H36O/c1-49(2)38-24-14-12-22-35(38)43-44-37-23-13-15-25-40(37)51-48(44)45-36-27-26-30(28-39(36)50(3,4)47(45)46(43)49)42-33-20-10-8-18-31(33)41(29-16-6-5-7-17-29)32-19-9-11-21-34(32)42/h5-28H,1-4H3. The van der Waals surface area contributed by atoms with Crippen LogP contribution in [-0.4, -0.2) is 0 Å². The van der Waals surface area contributed by atoms with Crippen molar-refractivity contribution in [3.63, 3.8) is 0 Å². The maximum Gasteiger partial charge on any atom is 0.144 e. The van der Waals surface area contributed by atoms with Crippen LogP contribution < -0.4 is 0 Å². The van der Waals surface area contributed by atoms with Gasteiger partial charge < -0.3 is 4.42 Å². The lowest BCUT2D eigenvalue weighted by Crippen LogP contribution is -2.24. The minimum absolute atomic E-state index is 0.162. The molecule has 0 radical (unpaired) electrons. The quantitative estimate of drug-likeness (QED) is 0.169. The molecule has 1 heterocycles. The first kappa shape index (κ1) is 28.9. The third kappa shape index (κ3) is 3.61. The summed E-state index contributed by atoms with van der Waals surface area (Å²) >= 11 is 0. The largest absolute Gasteiger partial charge is 0.455 e. The summed E-state index contributed by atoms with van der Waals surface area (Å²) in [6, 6.07) is 53.7. The van der Waals surface area contributed by atoms with Crippen molar-refractivity contribution in [3.05, 3.63) is 168 Å². The van der Waals surface area contributed by atoms with E-state index in [0.717, 1.165) is 11.2 Å². The molecule has 1 nitrogen and oxygen atoms in total. The zero-order valence-corrected chi connectivity index (χ0v) is 29.3. The highest BCUT2D eigenvalue weighted by Crippen LogP contribution is 2.63. The highest BCUT2D eigenvalue weighted by molar-refractivity contribution is 6.23. The van der Waals surface area contributed by atoms with Gasteiger partial charge in [-0.05, 0) is 94.9 Å². The van der Waals surface area contributed by atoms with Crippen LogP contribution in [0.5, 0.6) is 0 Å². The lowest BCUT2D eigenvalue weighted by molar-refractivity contribution is 0.600. The molecule has 2 aliphatic carbocycles. The van der Waals surface area contributed by atoms with Crippen LogP contribution >= 0.6 is 0 Å². The maximum atomic E-state index is 6.94. The molecule has 242 valence electrons. The molecular weight excluding hydrogens is 617 g/mol. The SMILES string of the molecule is CC1(C)c2cc(-c3c4ccccc4c(-c4ccccc4)c4ccccc34)ccc2-c2c1c1c(c3c2oc2ccccc23)-c2ccccc2C1(C)C. The molecule has 0 amide bonds. The summed E-state index contributed by atoms with van der Waals surface area (Å²) in [4.78, 5) is 0. The van der Waals surface area contributed by atoms with Crippen LogP contribution in [-0.2, 0) is 10.8 Å². The van der Waals surface area contributed by atoms with Gasteiger partial charge in [0.1, 0.15) is 11.2 Å². The van der Waals surface area contributed by atoms with Crippen molar-refractivity contribution in [2.24, 2.45) is 0 Å². The summed E-state index contributed by atoms with van der Waals surface area (Å²) in [5.74, 6) is 0. The number of hydrogen-bond acceptors (Lipinski definition) is 1. The summed E-state index contributed by atoms with van der Waals surface area (Å²) in [7, 11) is 0. The van der Waals surface area contributed by atoms with Crippen LogP contribution in [0, 0.1) is 0 Å². The predicted molar refractivity (Wildman–Crippen MR) is 215 cm³/mol. The fraction of sp³-hybridized carbons (Fsp3) is 0.120. The van der Waals surface area contributed by atoms with E-state index in [2.05, 4.69) is 173 Å². The van der Waals surface area contributed by atoms with Crippen molar-refractivity contribution < 1.29 is 4.42 Å². The highest BCUT2D eigenvalue weighted by atomic mass is 16.3. The third-order valence-electron chi connectivity index (χ3n) is 12.2. The monoisotopic (exact) mass is 652 g/mol. The molecule has 0 bridgehead atoms. The Morgan fingerprint density at radius 2 is 0.902 bits per heavy atom. The van der Waals surface area contributed by atoms with Gasteiger partial charge in [0.2, 0.25) is 0 Å². The van der Waals surface area contributed by atoms with Crippen LogP contribution in [0.1, 0.15) is 49.9 Å². The lowest BCUT2D eigenvalue weighted by Gasteiger charge is -2.31. The first-order valence-corrected chi connectivity index (χ1v) is 18.1. The van der Waals surface area contributed by atoms with Gasteiger partial charge in [-0.15, -0.1) is 0 Å². The number of benzene rings is 8. The molecule has 0 atom stereocenters. The number of rotatable bonds is 2. The molecule has 0 N–H and O–H groups in total. The van der Waals surface area contributed by atoms with Gasteiger partial charge in [0.15, 0.2) is 0 Å². The van der Waals surface area contributed by atoms with Crippen LogP contribution in [0.25, 0.3) is 88.0 Å². The van der Waals surface area contributed by atoms with Crippen molar-refractivity contribution in [1.29, 1.82) is 0 Å². The molecule has 51 heavy (non-hydrogen) atoms. The molecule has 1 aromatic heterocycles. The molecule has 1 heteroatoms. The van der Waals surface area contributed by atoms with Crippen LogP contribution in [0.2, 0.25) is 0 Å². The summed E-state index contributed by atoms with van der Waals surface area (Å²) < 4.78 is 6.94. The molecule has 0 saturated carbocycles. The van der Waals surface area contributed by atoms with E-state index in [1.54, 1.807) is 0 Å². The predicted octanol–water partition coefficient (Wildman–Crippen LogP) is 13.8. The first-order valence-electron chi connectivity index (χ1n) is 18.1. The Balaban J connectivity index is 1.24. The number of furan rings is 1. The van der Waals surface area contributed by atoms with E-state index in [1.807, 2.05) is 0 Å². The van der Waals surface area contributed by atoms with E-state index in [9.17, 15) is 0 Å². The molecular formula is C50H36O. The van der Waals surface area contributed by atoms with Crippen molar-refractivity contribution >= 4 is 43.5 Å². The van der Waals surface area contributed by atoms with Crippen LogP contribution in [0.15, 0.2) is 150 Å². The maximum absolute atomic E-state index is 6.94. The summed E-state index contributed by atoms with van der Waals surface area (Å²) in [6.45, 7) is 9.71. The molecule has 0 fully saturated rings. The molecule has 0 aliphatic heterocycles. The van der Waals surface area contributed by atoms with Gasteiger partial charge in [-0.2, -0.15) is 0 Å². The van der Waals surface area contributed by atoms with Gasteiger partial charge >= 0.3 is 0 Å². The van der Waals surface area contributed by atoms with Crippen molar-refractivity contribution in [3.8, 4) is 44.5 Å². The zero-order chi connectivity index (χ0) is 34.2. The van der Waals surface area contributed by atoms with E-state index in [0.29, 0.717) is 0 Å². The Labute approximate surface area is 297 Å². The van der Waals surface area contributed by atoms with E-state index >= 15 is 0 Å². The number of para-hydroxylation sites is 1. The number of hydrogen-bond donors (Lipinski definition) is 0. The minimum Gasteiger partial charge on any atom is -0.455 e. The van der Waals surface area contributed by atoms with Gasteiger partial charge in [0.05, 0.1) is 0 Å². The zero-order valence-electron chi connectivity index (χ0n) is 29.3. The van der Waals surface area contributed by atoms with Crippen LogP contribution in [0.3, 0.4) is 0 Å². The summed E-state index contributed by atoms with van der Waals surface area (Å²) in [6.07, 6.45) is 0. The molecule has 2 aliphatic rings. The third-order valence-corrected chi connectivity index (χ3v) is 12.2. The smallest absolute Gasteiger partial charge is 0.144 e. The van der Waals surface area contributed by atoms with E-state index in [1.165, 1.54) is 99.1 Å². The first-order chi connectivity index (χ1) is 24.9. The van der Waals surface area contributed by atoms with Crippen molar-refractivity contribution in [1.82, 2.24) is 0 Å². The average Bonchev–Trinajstić information content (AvgIpc) is 3.74. The molecule has 9 aromatic rings. The fourth-order valence-electron chi connectivity index (χ4n) is 10.0. The topological polar surface area (TPSA) is 13.1 Å². The second-order valence-corrected chi connectivity index (χ2v) is 15.6. The Morgan fingerprint density at radius 1 is 0.392 bits per heavy atom. The molecule has 0 unspecified atom stereocenters. The second-order valence-electron chi connectivity index (χ2n) is 15.6. The Hall–Kier alpha value is -5.92. The Morgan fingerprint density at radius 3 is 1.59 bits per heavy atom. The van der Waals surface area contributed by atoms with Gasteiger partial charge in [-0.3, -0.25) is 0 Å². The Bertz CT molecular complexity index is 2900. The van der Waals surface area contributed by atoms with Gasteiger partial charge in [-0.1, -0.05) is 161 Å². The van der Waals surface area contributed by atoms with Gasteiger partial charge in [0.25, 0.3) is 0 Å². The Kier molecular flexibility index (Phi) is 5.58. The fourth-order valence-corrected chi connectivity index (χ4v) is 10.0. The lowest BCUT2D eigenvalue weighted by atomic mass is 9.72. The van der Waals surface area contributed by atoms with Crippen molar-refractivity contribution in [2.45, 2.75) is 38.5 Å².